The largest absolute Gasteiger partial charge is 0.353 e. The molecule has 0 aliphatic carbocycles. The summed E-state index contributed by atoms with van der Waals surface area (Å²) in [6.07, 6.45) is 5.64. The van der Waals surface area contributed by atoms with Gasteiger partial charge in [0.05, 0.1) is 6.20 Å². The van der Waals surface area contributed by atoms with Gasteiger partial charge in [-0.25, -0.2) is 0 Å². The van der Waals surface area contributed by atoms with Crippen molar-refractivity contribution in [1.82, 2.24) is 15.1 Å². The van der Waals surface area contributed by atoms with E-state index in [4.69, 9.17) is 11.6 Å². The van der Waals surface area contributed by atoms with Crippen molar-refractivity contribution >= 4 is 17.5 Å². The number of amides is 1. The molecule has 1 atom stereocenters. The normalized spacial score (nSPS) is 12.1. The fourth-order valence-corrected chi connectivity index (χ4v) is 2.46. The molecule has 0 fully saturated rings. The lowest BCUT2D eigenvalue weighted by molar-refractivity contribution is -0.121. The molecule has 0 bridgehead atoms. The number of hydrogen-bond donors (Lipinski definition) is 1. The fraction of sp³-hybridized carbons (Fsp3) is 0.375. The Morgan fingerprint density at radius 1 is 1.43 bits per heavy atom. The lowest BCUT2D eigenvalue weighted by atomic mass is 10.1. The van der Waals surface area contributed by atoms with Crippen LogP contribution in [0.2, 0.25) is 5.02 Å². The van der Waals surface area contributed by atoms with Crippen LogP contribution in [-0.2, 0) is 24.7 Å². The van der Waals surface area contributed by atoms with Gasteiger partial charge in [0.2, 0.25) is 5.91 Å². The molecule has 2 rings (SSSR count). The lowest BCUT2D eigenvalue weighted by Gasteiger charge is -2.14. The van der Waals surface area contributed by atoms with Crippen LogP contribution >= 0.6 is 11.6 Å². The van der Waals surface area contributed by atoms with Crippen LogP contribution < -0.4 is 5.32 Å². The smallest absolute Gasteiger partial charge is 0.220 e. The van der Waals surface area contributed by atoms with Gasteiger partial charge in [-0.1, -0.05) is 29.8 Å². The van der Waals surface area contributed by atoms with Gasteiger partial charge in [0, 0.05) is 30.7 Å². The summed E-state index contributed by atoms with van der Waals surface area (Å²) in [6, 6.07) is 7.78. The SMILES string of the molecule is C[C@@H](Cc1ccccc1Cl)NC(=O)CCc1cnn(C)c1. The van der Waals surface area contributed by atoms with E-state index in [0.717, 1.165) is 22.6 Å². The predicted octanol–water partition coefficient (Wildman–Crippen LogP) is 2.75. The standard InChI is InChI=1S/C16H20ClN3O/c1-12(9-14-5-3-4-6-15(14)17)19-16(21)8-7-13-10-18-20(2)11-13/h3-6,10-12H,7-9H2,1-2H3,(H,19,21)/t12-/m0/s1. The Bertz CT molecular complexity index is 609. The highest BCUT2D eigenvalue weighted by atomic mass is 35.5. The van der Waals surface area contributed by atoms with Crippen molar-refractivity contribution in [3.8, 4) is 0 Å². The number of carbonyl (C=O) groups is 1. The van der Waals surface area contributed by atoms with Gasteiger partial charge in [0.1, 0.15) is 0 Å². The van der Waals surface area contributed by atoms with Gasteiger partial charge in [-0.3, -0.25) is 9.48 Å². The third kappa shape index (κ3) is 4.90. The number of nitrogens with one attached hydrogen (secondary N) is 1. The number of aromatic nitrogens is 2. The Hall–Kier alpha value is -1.81. The summed E-state index contributed by atoms with van der Waals surface area (Å²) in [5, 5.41) is 7.84. The summed E-state index contributed by atoms with van der Waals surface area (Å²) < 4.78 is 1.74. The van der Waals surface area contributed by atoms with E-state index in [1.54, 1.807) is 10.9 Å². The van der Waals surface area contributed by atoms with Crippen LogP contribution in [0.25, 0.3) is 0 Å². The molecule has 1 heterocycles. The van der Waals surface area contributed by atoms with Gasteiger partial charge in [0.25, 0.3) is 0 Å². The number of aryl methyl sites for hydroxylation is 2. The van der Waals surface area contributed by atoms with Gasteiger partial charge in [-0.05, 0) is 37.0 Å². The fourth-order valence-electron chi connectivity index (χ4n) is 2.25. The molecule has 0 radical (unpaired) electrons. The molecule has 1 amide bonds. The average Bonchev–Trinajstić information content (AvgIpc) is 2.85. The molecule has 0 aliphatic rings. The minimum absolute atomic E-state index is 0.0541. The van der Waals surface area contributed by atoms with Crippen molar-refractivity contribution in [2.45, 2.75) is 32.2 Å². The van der Waals surface area contributed by atoms with Gasteiger partial charge < -0.3 is 5.32 Å². The zero-order valence-corrected chi connectivity index (χ0v) is 13.1. The zero-order chi connectivity index (χ0) is 15.2. The van der Waals surface area contributed by atoms with Crippen molar-refractivity contribution in [2.75, 3.05) is 0 Å². The molecule has 0 saturated carbocycles. The second kappa shape index (κ2) is 7.27. The minimum atomic E-state index is 0.0541. The maximum atomic E-state index is 11.9. The van der Waals surface area contributed by atoms with Gasteiger partial charge in [-0.2, -0.15) is 5.10 Å². The highest BCUT2D eigenvalue weighted by Crippen LogP contribution is 2.16. The second-order valence-electron chi connectivity index (χ2n) is 5.29. The van der Waals surface area contributed by atoms with Crippen LogP contribution in [0.4, 0.5) is 0 Å². The van der Waals surface area contributed by atoms with E-state index in [-0.39, 0.29) is 11.9 Å². The maximum Gasteiger partial charge on any atom is 0.220 e. The summed E-state index contributed by atoms with van der Waals surface area (Å²) in [7, 11) is 1.87. The van der Waals surface area contributed by atoms with Crippen molar-refractivity contribution < 1.29 is 4.79 Å². The Balaban J connectivity index is 1.78. The molecular weight excluding hydrogens is 286 g/mol. The second-order valence-corrected chi connectivity index (χ2v) is 5.69. The first kappa shape index (κ1) is 15.6. The summed E-state index contributed by atoms with van der Waals surface area (Å²) in [5.74, 6) is 0.0541. The summed E-state index contributed by atoms with van der Waals surface area (Å²) in [4.78, 5) is 11.9. The zero-order valence-electron chi connectivity index (χ0n) is 12.3. The third-order valence-electron chi connectivity index (χ3n) is 3.29. The van der Waals surface area contributed by atoms with E-state index in [0.29, 0.717) is 12.8 Å². The van der Waals surface area contributed by atoms with E-state index in [1.807, 2.05) is 44.4 Å². The van der Waals surface area contributed by atoms with Gasteiger partial charge >= 0.3 is 0 Å². The molecule has 5 heteroatoms. The molecule has 0 spiro atoms. The Morgan fingerprint density at radius 2 is 2.19 bits per heavy atom. The summed E-state index contributed by atoms with van der Waals surface area (Å²) in [5.41, 5.74) is 2.13. The highest BCUT2D eigenvalue weighted by molar-refractivity contribution is 6.31. The Morgan fingerprint density at radius 3 is 2.86 bits per heavy atom. The molecule has 21 heavy (non-hydrogen) atoms. The van der Waals surface area contributed by atoms with Crippen LogP contribution in [0.3, 0.4) is 0 Å². The first-order valence-electron chi connectivity index (χ1n) is 7.05. The average molecular weight is 306 g/mol. The number of nitrogens with zero attached hydrogens (tertiary/aromatic N) is 2. The Labute approximate surface area is 130 Å². The first-order chi connectivity index (χ1) is 10.0. The quantitative estimate of drug-likeness (QED) is 0.892. The lowest BCUT2D eigenvalue weighted by Crippen LogP contribution is -2.34. The topological polar surface area (TPSA) is 46.9 Å². The Kier molecular flexibility index (Phi) is 5.39. The molecule has 2 aromatic rings. The predicted molar refractivity (Wildman–Crippen MR) is 84.3 cm³/mol. The van der Waals surface area contributed by atoms with Crippen molar-refractivity contribution in [1.29, 1.82) is 0 Å². The van der Waals surface area contributed by atoms with Crippen LogP contribution in [0.5, 0.6) is 0 Å². The van der Waals surface area contributed by atoms with Gasteiger partial charge in [0.15, 0.2) is 0 Å². The molecule has 0 aliphatic heterocycles. The molecule has 112 valence electrons. The van der Waals surface area contributed by atoms with E-state index in [9.17, 15) is 4.79 Å². The molecule has 0 saturated heterocycles. The van der Waals surface area contributed by atoms with Crippen LogP contribution in [0, 0.1) is 0 Å². The molecular formula is C16H20ClN3O. The van der Waals surface area contributed by atoms with E-state index >= 15 is 0 Å². The molecule has 1 aromatic heterocycles. The van der Waals surface area contributed by atoms with E-state index in [1.165, 1.54) is 0 Å². The van der Waals surface area contributed by atoms with Crippen molar-refractivity contribution in [3.63, 3.8) is 0 Å². The van der Waals surface area contributed by atoms with Crippen molar-refractivity contribution in [2.24, 2.45) is 7.05 Å². The molecule has 1 aromatic carbocycles. The number of halogens is 1. The number of rotatable bonds is 6. The number of carbonyl (C=O) groups excluding carboxylic acids is 1. The number of hydrogen-bond acceptors (Lipinski definition) is 2. The minimum Gasteiger partial charge on any atom is -0.353 e. The molecule has 4 nitrogen and oxygen atoms in total. The maximum absolute atomic E-state index is 11.9. The summed E-state index contributed by atoms with van der Waals surface area (Å²) >= 11 is 6.13. The number of benzene rings is 1. The highest BCUT2D eigenvalue weighted by Gasteiger charge is 2.10. The van der Waals surface area contributed by atoms with Crippen molar-refractivity contribution in [3.05, 3.63) is 52.8 Å². The van der Waals surface area contributed by atoms with E-state index in [2.05, 4.69) is 10.4 Å². The van der Waals surface area contributed by atoms with Crippen LogP contribution in [-0.4, -0.2) is 21.7 Å². The third-order valence-corrected chi connectivity index (χ3v) is 3.66. The van der Waals surface area contributed by atoms with Crippen LogP contribution in [0.15, 0.2) is 36.7 Å². The van der Waals surface area contributed by atoms with Gasteiger partial charge in [-0.15, -0.1) is 0 Å². The van der Waals surface area contributed by atoms with Crippen LogP contribution in [0.1, 0.15) is 24.5 Å². The monoisotopic (exact) mass is 305 g/mol. The summed E-state index contributed by atoms with van der Waals surface area (Å²) in [6.45, 7) is 1.99. The first-order valence-corrected chi connectivity index (χ1v) is 7.42. The van der Waals surface area contributed by atoms with E-state index < -0.39 is 0 Å². The molecule has 0 unspecified atom stereocenters. The molecule has 1 N–H and O–H groups in total.